The van der Waals surface area contributed by atoms with Gasteiger partial charge in [0.2, 0.25) is 0 Å². The fraction of sp³-hybridized carbons (Fsp3) is 0.588. The van der Waals surface area contributed by atoms with Crippen LogP contribution in [-0.2, 0) is 11.3 Å². The van der Waals surface area contributed by atoms with Crippen molar-refractivity contribution in [1.82, 2.24) is 19.7 Å². The molecule has 25 heavy (non-hydrogen) atoms. The third kappa shape index (κ3) is 4.65. The van der Waals surface area contributed by atoms with Crippen LogP contribution in [0.5, 0.6) is 0 Å². The van der Waals surface area contributed by atoms with Crippen LogP contribution in [-0.4, -0.2) is 60.1 Å². The van der Waals surface area contributed by atoms with Gasteiger partial charge >= 0.3 is 0 Å². The van der Waals surface area contributed by atoms with Gasteiger partial charge in [-0.05, 0) is 19.4 Å². The first-order valence-electron chi connectivity index (χ1n) is 8.56. The van der Waals surface area contributed by atoms with Crippen molar-refractivity contribution in [2.24, 2.45) is 0 Å². The standard InChI is InChI=1S/C17H25N5O2S/c1-20(6-7-24-2)15-8-17(23)22(19-9-15)14-4-3-5-21(11-14)12-16-10-18-13-25-16/h8-10,13-14H,3-7,11-12H2,1-2H3/t14-/m0/s1. The molecule has 3 rings (SSSR count). The number of methoxy groups -OCH3 is 1. The van der Waals surface area contributed by atoms with Gasteiger partial charge in [0, 0.05) is 50.9 Å². The molecule has 0 unspecified atom stereocenters. The summed E-state index contributed by atoms with van der Waals surface area (Å²) in [4.78, 5) is 22.3. The molecular formula is C17H25N5O2S. The molecule has 8 heteroatoms. The molecule has 0 spiro atoms. The Hall–Kier alpha value is -1.77. The molecule has 2 aromatic rings. The summed E-state index contributed by atoms with van der Waals surface area (Å²) in [6, 6.07) is 1.80. The van der Waals surface area contributed by atoms with Gasteiger partial charge in [0.15, 0.2) is 0 Å². The van der Waals surface area contributed by atoms with Crippen molar-refractivity contribution in [1.29, 1.82) is 0 Å². The Morgan fingerprint density at radius 3 is 3.04 bits per heavy atom. The molecule has 0 amide bonds. The van der Waals surface area contributed by atoms with Gasteiger partial charge in [-0.1, -0.05) is 0 Å². The zero-order valence-corrected chi connectivity index (χ0v) is 15.6. The second-order valence-corrected chi connectivity index (χ2v) is 7.38. The molecule has 0 aromatic carbocycles. The zero-order valence-electron chi connectivity index (χ0n) is 14.8. The molecule has 1 aliphatic heterocycles. The van der Waals surface area contributed by atoms with Crippen molar-refractivity contribution in [3.63, 3.8) is 0 Å². The molecule has 2 aromatic heterocycles. The Kier molecular flexibility index (Phi) is 6.17. The van der Waals surface area contributed by atoms with E-state index in [1.54, 1.807) is 35.4 Å². The first-order chi connectivity index (χ1) is 12.2. The second-order valence-electron chi connectivity index (χ2n) is 6.41. The highest BCUT2D eigenvalue weighted by molar-refractivity contribution is 7.09. The number of thiazole rings is 1. The van der Waals surface area contributed by atoms with E-state index in [9.17, 15) is 4.79 Å². The molecule has 0 saturated carbocycles. The summed E-state index contributed by atoms with van der Waals surface area (Å²) in [6.07, 6.45) is 5.76. The molecule has 1 atom stereocenters. The van der Waals surface area contributed by atoms with Crippen LogP contribution in [0.3, 0.4) is 0 Å². The van der Waals surface area contributed by atoms with Gasteiger partial charge in [0.1, 0.15) is 0 Å². The summed E-state index contributed by atoms with van der Waals surface area (Å²) in [5.41, 5.74) is 2.66. The van der Waals surface area contributed by atoms with E-state index in [1.165, 1.54) is 4.88 Å². The fourth-order valence-electron chi connectivity index (χ4n) is 3.16. The SMILES string of the molecule is COCCN(C)c1cnn([C@H]2CCCN(Cc3cncs3)C2)c(=O)c1. The molecule has 0 aliphatic carbocycles. The first-order valence-corrected chi connectivity index (χ1v) is 9.44. The Bertz CT molecular complexity index is 718. The van der Waals surface area contributed by atoms with Gasteiger partial charge in [-0.2, -0.15) is 5.10 Å². The quantitative estimate of drug-likeness (QED) is 0.745. The molecule has 0 radical (unpaired) electrons. The van der Waals surface area contributed by atoms with Gasteiger partial charge in [-0.25, -0.2) is 4.68 Å². The number of hydrogen-bond acceptors (Lipinski definition) is 7. The lowest BCUT2D eigenvalue weighted by molar-refractivity contribution is 0.161. The van der Waals surface area contributed by atoms with Crippen molar-refractivity contribution in [3.05, 3.63) is 39.2 Å². The Balaban J connectivity index is 1.67. The average Bonchev–Trinajstić information content (AvgIpc) is 3.12. The molecule has 0 N–H and O–H groups in total. The molecule has 1 fully saturated rings. The number of nitrogens with zero attached hydrogens (tertiary/aromatic N) is 5. The van der Waals surface area contributed by atoms with Gasteiger partial charge in [0.25, 0.3) is 5.56 Å². The molecule has 136 valence electrons. The highest BCUT2D eigenvalue weighted by Gasteiger charge is 2.23. The molecule has 7 nitrogen and oxygen atoms in total. The topological polar surface area (TPSA) is 63.5 Å². The zero-order chi connectivity index (χ0) is 17.6. The number of aromatic nitrogens is 3. The summed E-state index contributed by atoms with van der Waals surface area (Å²) in [6.45, 7) is 4.15. The van der Waals surface area contributed by atoms with Crippen molar-refractivity contribution >= 4 is 17.0 Å². The van der Waals surface area contributed by atoms with Crippen LogP contribution >= 0.6 is 11.3 Å². The Morgan fingerprint density at radius 1 is 1.44 bits per heavy atom. The van der Waals surface area contributed by atoms with Gasteiger partial charge < -0.3 is 9.64 Å². The predicted octanol–water partition coefficient (Wildman–Crippen LogP) is 1.62. The molecule has 0 bridgehead atoms. The molecule has 3 heterocycles. The van der Waals surface area contributed by atoms with E-state index in [2.05, 4.69) is 15.0 Å². The van der Waals surface area contributed by atoms with Crippen LogP contribution in [0.4, 0.5) is 5.69 Å². The van der Waals surface area contributed by atoms with Gasteiger partial charge in [-0.3, -0.25) is 14.7 Å². The van der Waals surface area contributed by atoms with Crippen molar-refractivity contribution in [3.8, 4) is 0 Å². The number of likely N-dealkylation sites (tertiary alicyclic amines) is 1. The van der Waals surface area contributed by atoms with Gasteiger partial charge in [-0.15, -0.1) is 11.3 Å². The van der Waals surface area contributed by atoms with Crippen LogP contribution in [0.1, 0.15) is 23.8 Å². The number of likely N-dealkylation sites (N-methyl/N-ethyl adjacent to an activating group) is 1. The summed E-state index contributed by atoms with van der Waals surface area (Å²) in [5, 5.41) is 4.45. The van der Waals surface area contributed by atoms with Crippen LogP contribution in [0.25, 0.3) is 0 Å². The van der Waals surface area contributed by atoms with E-state index in [0.717, 1.165) is 44.7 Å². The van der Waals surface area contributed by atoms with Crippen LogP contribution < -0.4 is 10.5 Å². The summed E-state index contributed by atoms with van der Waals surface area (Å²) >= 11 is 1.68. The largest absolute Gasteiger partial charge is 0.383 e. The van der Waals surface area contributed by atoms with E-state index in [0.29, 0.717) is 6.61 Å². The van der Waals surface area contributed by atoms with Crippen LogP contribution in [0.15, 0.2) is 28.8 Å². The van der Waals surface area contributed by atoms with E-state index in [1.807, 2.05) is 23.7 Å². The number of anilines is 1. The number of piperidine rings is 1. The van der Waals surface area contributed by atoms with Gasteiger partial charge in [0.05, 0.1) is 30.0 Å². The maximum absolute atomic E-state index is 12.6. The summed E-state index contributed by atoms with van der Waals surface area (Å²) in [5.74, 6) is 0. The van der Waals surface area contributed by atoms with Crippen molar-refractivity contribution < 1.29 is 4.74 Å². The molecule has 1 saturated heterocycles. The maximum Gasteiger partial charge on any atom is 0.269 e. The average molecular weight is 363 g/mol. The Morgan fingerprint density at radius 2 is 2.32 bits per heavy atom. The fourth-order valence-corrected chi connectivity index (χ4v) is 3.80. The summed E-state index contributed by atoms with van der Waals surface area (Å²) < 4.78 is 6.73. The molecule has 1 aliphatic rings. The number of rotatable bonds is 7. The van der Waals surface area contributed by atoms with Crippen molar-refractivity contribution in [2.75, 3.05) is 45.3 Å². The minimum absolute atomic E-state index is 0.0357. The second kappa shape index (κ2) is 8.55. The lowest BCUT2D eigenvalue weighted by Gasteiger charge is -2.32. The maximum atomic E-state index is 12.6. The number of hydrogen-bond donors (Lipinski definition) is 0. The van der Waals surface area contributed by atoms with E-state index >= 15 is 0 Å². The Labute approximate surface area is 151 Å². The third-order valence-corrected chi connectivity index (χ3v) is 5.34. The van der Waals surface area contributed by atoms with E-state index < -0.39 is 0 Å². The number of ether oxygens (including phenoxy) is 1. The monoisotopic (exact) mass is 363 g/mol. The normalized spacial score (nSPS) is 18.4. The lowest BCUT2D eigenvalue weighted by Crippen LogP contribution is -2.40. The molecular weight excluding hydrogens is 338 g/mol. The van der Waals surface area contributed by atoms with Crippen LogP contribution in [0, 0.1) is 0 Å². The smallest absolute Gasteiger partial charge is 0.269 e. The van der Waals surface area contributed by atoms with E-state index in [4.69, 9.17) is 4.74 Å². The minimum atomic E-state index is -0.0357. The predicted molar refractivity (Wildman–Crippen MR) is 99.3 cm³/mol. The third-order valence-electron chi connectivity index (χ3n) is 4.57. The van der Waals surface area contributed by atoms with E-state index in [-0.39, 0.29) is 11.6 Å². The van der Waals surface area contributed by atoms with Crippen molar-refractivity contribution in [2.45, 2.75) is 25.4 Å². The highest BCUT2D eigenvalue weighted by atomic mass is 32.1. The van der Waals surface area contributed by atoms with Crippen LogP contribution in [0.2, 0.25) is 0 Å². The minimum Gasteiger partial charge on any atom is -0.383 e. The summed E-state index contributed by atoms with van der Waals surface area (Å²) in [7, 11) is 3.61. The first kappa shape index (κ1) is 18.0. The highest BCUT2D eigenvalue weighted by Crippen LogP contribution is 2.22. The lowest BCUT2D eigenvalue weighted by atomic mass is 10.1.